The monoisotopic (exact) mass is 168 g/mol. The topological polar surface area (TPSA) is 55.1 Å². The second kappa shape index (κ2) is 3.90. The van der Waals surface area contributed by atoms with Crippen LogP contribution in [0, 0.1) is 6.92 Å². The first-order valence-electron chi connectivity index (χ1n) is 3.91. The number of nitrogens with one attached hydrogen (secondary N) is 1. The van der Waals surface area contributed by atoms with E-state index in [4.69, 9.17) is 4.52 Å². The maximum atomic E-state index is 10.8. The number of amides is 1. The SMILES string of the molecule is CCC(=O)NCc1cc(C)on1. The number of aryl methyl sites for hydroxylation is 1. The Kier molecular flexibility index (Phi) is 2.85. The predicted octanol–water partition coefficient (Wildman–Crippen LogP) is 1.01. The summed E-state index contributed by atoms with van der Waals surface area (Å²) in [5, 5.41) is 6.43. The van der Waals surface area contributed by atoms with Gasteiger partial charge < -0.3 is 9.84 Å². The Morgan fingerprint density at radius 3 is 3.00 bits per heavy atom. The summed E-state index contributed by atoms with van der Waals surface area (Å²) in [6.45, 7) is 4.07. The van der Waals surface area contributed by atoms with Crippen molar-refractivity contribution in [1.82, 2.24) is 10.5 Å². The van der Waals surface area contributed by atoms with Gasteiger partial charge >= 0.3 is 0 Å². The number of aromatic nitrogens is 1. The molecule has 1 N–H and O–H groups in total. The number of rotatable bonds is 3. The van der Waals surface area contributed by atoms with Crippen molar-refractivity contribution in [3.05, 3.63) is 17.5 Å². The Hall–Kier alpha value is -1.32. The summed E-state index contributed by atoms with van der Waals surface area (Å²) in [7, 11) is 0. The third-order valence-electron chi connectivity index (χ3n) is 1.46. The van der Waals surface area contributed by atoms with Gasteiger partial charge in [-0.25, -0.2) is 0 Å². The molecule has 0 saturated carbocycles. The van der Waals surface area contributed by atoms with Crippen molar-refractivity contribution in [2.75, 3.05) is 0 Å². The molecule has 0 radical (unpaired) electrons. The lowest BCUT2D eigenvalue weighted by Crippen LogP contribution is -2.21. The third-order valence-corrected chi connectivity index (χ3v) is 1.46. The van der Waals surface area contributed by atoms with Crippen LogP contribution in [0.15, 0.2) is 10.6 Å². The Bertz CT molecular complexity index is 268. The summed E-state index contributed by atoms with van der Waals surface area (Å²) in [6.07, 6.45) is 0.497. The molecule has 1 aromatic rings. The van der Waals surface area contributed by atoms with Crippen molar-refractivity contribution < 1.29 is 9.32 Å². The molecule has 1 rings (SSSR count). The molecule has 0 bridgehead atoms. The molecule has 0 unspecified atom stereocenters. The number of carbonyl (C=O) groups is 1. The van der Waals surface area contributed by atoms with E-state index in [0.717, 1.165) is 11.5 Å². The molecule has 0 aliphatic carbocycles. The van der Waals surface area contributed by atoms with Crippen molar-refractivity contribution >= 4 is 5.91 Å². The predicted molar refractivity (Wildman–Crippen MR) is 43.4 cm³/mol. The minimum Gasteiger partial charge on any atom is -0.361 e. The van der Waals surface area contributed by atoms with Gasteiger partial charge in [-0.3, -0.25) is 4.79 Å². The minimum absolute atomic E-state index is 0.0238. The molecule has 66 valence electrons. The molecule has 12 heavy (non-hydrogen) atoms. The van der Waals surface area contributed by atoms with Gasteiger partial charge in [0.1, 0.15) is 11.5 Å². The fraction of sp³-hybridized carbons (Fsp3) is 0.500. The Morgan fingerprint density at radius 2 is 2.50 bits per heavy atom. The van der Waals surface area contributed by atoms with Gasteiger partial charge in [0, 0.05) is 12.5 Å². The molecule has 0 saturated heterocycles. The number of hydrogen-bond donors (Lipinski definition) is 1. The standard InChI is InChI=1S/C8H12N2O2/c1-3-8(11)9-5-7-4-6(2)12-10-7/h4H,3,5H2,1-2H3,(H,9,11). The van der Waals surface area contributed by atoms with Crippen LogP contribution >= 0.6 is 0 Å². The first kappa shape index (κ1) is 8.77. The van der Waals surface area contributed by atoms with Crippen LogP contribution in [0.2, 0.25) is 0 Å². The summed E-state index contributed by atoms with van der Waals surface area (Å²) in [6, 6.07) is 1.80. The number of carbonyl (C=O) groups excluding carboxylic acids is 1. The van der Waals surface area contributed by atoms with E-state index in [2.05, 4.69) is 10.5 Å². The van der Waals surface area contributed by atoms with E-state index in [9.17, 15) is 4.79 Å². The lowest BCUT2D eigenvalue weighted by Gasteiger charge is -1.97. The summed E-state index contributed by atoms with van der Waals surface area (Å²) in [4.78, 5) is 10.8. The van der Waals surface area contributed by atoms with E-state index in [1.165, 1.54) is 0 Å². The summed E-state index contributed by atoms with van der Waals surface area (Å²) < 4.78 is 4.83. The zero-order valence-electron chi connectivity index (χ0n) is 7.26. The Morgan fingerprint density at radius 1 is 1.75 bits per heavy atom. The fourth-order valence-electron chi connectivity index (χ4n) is 0.815. The average molecular weight is 168 g/mol. The van der Waals surface area contributed by atoms with E-state index in [0.29, 0.717) is 13.0 Å². The normalized spacial score (nSPS) is 9.83. The zero-order chi connectivity index (χ0) is 8.97. The maximum Gasteiger partial charge on any atom is 0.220 e. The Balaban J connectivity index is 2.38. The lowest BCUT2D eigenvalue weighted by atomic mass is 10.3. The van der Waals surface area contributed by atoms with Crippen molar-refractivity contribution in [3.8, 4) is 0 Å². The molecule has 0 aliphatic rings. The van der Waals surface area contributed by atoms with Crippen molar-refractivity contribution in [1.29, 1.82) is 0 Å². The molecule has 0 fully saturated rings. The van der Waals surface area contributed by atoms with Crippen LogP contribution in [0.4, 0.5) is 0 Å². The van der Waals surface area contributed by atoms with Gasteiger partial charge in [-0.2, -0.15) is 0 Å². The molecular formula is C8H12N2O2. The van der Waals surface area contributed by atoms with Gasteiger partial charge in [-0.05, 0) is 6.92 Å². The summed E-state index contributed by atoms with van der Waals surface area (Å²) in [5.41, 5.74) is 0.759. The second-order valence-electron chi connectivity index (χ2n) is 2.56. The summed E-state index contributed by atoms with van der Waals surface area (Å²) >= 11 is 0. The van der Waals surface area contributed by atoms with E-state index in [-0.39, 0.29) is 5.91 Å². The molecule has 1 amide bonds. The van der Waals surface area contributed by atoms with E-state index in [1.54, 1.807) is 6.07 Å². The van der Waals surface area contributed by atoms with Crippen LogP contribution in [0.25, 0.3) is 0 Å². The van der Waals surface area contributed by atoms with Gasteiger partial charge in [-0.1, -0.05) is 12.1 Å². The minimum atomic E-state index is 0.0238. The highest BCUT2D eigenvalue weighted by Gasteiger charge is 2.01. The van der Waals surface area contributed by atoms with Gasteiger partial charge in [0.05, 0.1) is 6.54 Å². The molecule has 1 aromatic heterocycles. The highest BCUT2D eigenvalue weighted by atomic mass is 16.5. The molecule has 0 atom stereocenters. The lowest BCUT2D eigenvalue weighted by molar-refractivity contribution is -0.120. The van der Waals surface area contributed by atoms with Gasteiger partial charge in [0.2, 0.25) is 5.91 Å². The van der Waals surface area contributed by atoms with Crippen molar-refractivity contribution in [3.63, 3.8) is 0 Å². The zero-order valence-corrected chi connectivity index (χ0v) is 7.26. The molecule has 1 heterocycles. The van der Waals surface area contributed by atoms with E-state index < -0.39 is 0 Å². The smallest absolute Gasteiger partial charge is 0.220 e. The van der Waals surface area contributed by atoms with Gasteiger partial charge in [-0.15, -0.1) is 0 Å². The summed E-state index contributed by atoms with van der Waals surface area (Å²) in [5.74, 6) is 0.784. The highest BCUT2D eigenvalue weighted by molar-refractivity contribution is 5.75. The van der Waals surface area contributed by atoms with Crippen LogP contribution < -0.4 is 5.32 Å². The van der Waals surface area contributed by atoms with E-state index >= 15 is 0 Å². The van der Waals surface area contributed by atoms with Gasteiger partial charge in [0.25, 0.3) is 0 Å². The Labute approximate surface area is 70.9 Å². The number of hydrogen-bond acceptors (Lipinski definition) is 3. The largest absolute Gasteiger partial charge is 0.361 e. The van der Waals surface area contributed by atoms with Crippen LogP contribution in [0.3, 0.4) is 0 Å². The first-order chi connectivity index (χ1) is 5.72. The van der Waals surface area contributed by atoms with Crippen molar-refractivity contribution in [2.45, 2.75) is 26.8 Å². The quantitative estimate of drug-likeness (QED) is 0.732. The average Bonchev–Trinajstić information content (AvgIpc) is 2.47. The van der Waals surface area contributed by atoms with Crippen LogP contribution in [0.1, 0.15) is 24.8 Å². The first-order valence-corrected chi connectivity index (χ1v) is 3.91. The molecular weight excluding hydrogens is 156 g/mol. The van der Waals surface area contributed by atoms with Crippen molar-refractivity contribution in [2.24, 2.45) is 0 Å². The third kappa shape index (κ3) is 2.38. The molecule has 0 aliphatic heterocycles. The van der Waals surface area contributed by atoms with Gasteiger partial charge in [0.15, 0.2) is 0 Å². The van der Waals surface area contributed by atoms with Crippen LogP contribution in [-0.4, -0.2) is 11.1 Å². The molecule has 4 nitrogen and oxygen atoms in total. The molecule has 4 heteroatoms. The van der Waals surface area contributed by atoms with Crippen LogP contribution in [-0.2, 0) is 11.3 Å². The highest BCUT2D eigenvalue weighted by Crippen LogP contribution is 2.00. The number of nitrogens with zero attached hydrogens (tertiary/aromatic N) is 1. The molecule has 0 spiro atoms. The fourth-order valence-corrected chi connectivity index (χ4v) is 0.815. The maximum absolute atomic E-state index is 10.8. The second-order valence-corrected chi connectivity index (χ2v) is 2.56. The van der Waals surface area contributed by atoms with Crippen LogP contribution in [0.5, 0.6) is 0 Å². The van der Waals surface area contributed by atoms with E-state index in [1.807, 2.05) is 13.8 Å². The molecule has 0 aromatic carbocycles.